The minimum atomic E-state index is -0.497. The number of carbonyl (C=O) groups is 1. The number of ether oxygens (including phenoxy) is 1. The highest BCUT2D eigenvalue weighted by Crippen LogP contribution is 2.10. The summed E-state index contributed by atoms with van der Waals surface area (Å²) in [6.07, 6.45) is 4.25. The molecule has 1 amide bonds. The van der Waals surface area contributed by atoms with Gasteiger partial charge in [0.1, 0.15) is 17.5 Å². The van der Waals surface area contributed by atoms with E-state index in [1.54, 1.807) is 12.2 Å². The minimum absolute atomic E-state index is 0.228. The number of hydrogen-bond donors (Lipinski definition) is 2. The first-order valence-corrected chi connectivity index (χ1v) is 6.92. The van der Waals surface area contributed by atoms with Crippen LogP contribution in [0.15, 0.2) is 42.6 Å². The summed E-state index contributed by atoms with van der Waals surface area (Å²) < 4.78 is 5.07. The molecule has 1 heterocycles. The van der Waals surface area contributed by atoms with E-state index in [-0.39, 0.29) is 24.1 Å². The molecule has 0 aliphatic rings. The molecule has 2 aromatic rings. The first-order chi connectivity index (χ1) is 10.6. The first kappa shape index (κ1) is 15.8. The Morgan fingerprint density at radius 2 is 2.14 bits per heavy atom. The summed E-state index contributed by atoms with van der Waals surface area (Å²) in [5, 5.41) is 2.82. The highest BCUT2D eigenvalue weighted by atomic mass is 35.5. The van der Waals surface area contributed by atoms with Gasteiger partial charge >= 0.3 is 6.09 Å². The number of rotatable bonds is 5. The van der Waals surface area contributed by atoms with Gasteiger partial charge < -0.3 is 15.8 Å². The number of anilines is 1. The van der Waals surface area contributed by atoms with Crippen molar-refractivity contribution in [3.8, 4) is 0 Å². The number of amides is 1. The van der Waals surface area contributed by atoms with E-state index in [2.05, 4.69) is 15.3 Å². The van der Waals surface area contributed by atoms with Crippen molar-refractivity contribution in [1.29, 1.82) is 0 Å². The third-order valence-electron chi connectivity index (χ3n) is 2.65. The van der Waals surface area contributed by atoms with Gasteiger partial charge in [-0.3, -0.25) is 0 Å². The van der Waals surface area contributed by atoms with Crippen LogP contribution in [0.5, 0.6) is 0 Å². The van der Waals surface area contributed by atoms with E-state index in [4.69, 9.17) is 22.1 Å². The minimum Gasteiger partial charge on any atom is -0.445 e. The van der Waals surface area contributed by atoms with Gasteiger partial charge in [0.25, 0.3) is 0 Å². The van der Waals surface area contributed by atoms with Crippen LogP contribution in [0.3, 0.4) is 0 Å². The molecule has 0 radical (unpaired) electrons. The number of halogens is 1. The molecule has 2 rings (SSSR count). The van der Waals surface area contributed by atoms with Gasteiger partial charge in [0.05, 0.1) is 6.20 Å². The summed E-state index contributed by atoms with van der Waals surface area (Å²) in [5.74, 6) is 0.232. The van der Waals surface area contributed by atoms with Crippen molar-refractivity contribution < 1.29 is 9.53 Å². The molecule has 0 aliphatic carbocycles. The standard InChI is InChI=1S/C15H15ClN4O2/c16-13-9-19-12(14(17)20-13)7-4-8-18-15(21)22-10-11-5-2-1-3-6-11/h1-7,9H,8,10H2,(H2,17,20)(H,18,21). The summed E-state index contributed by atoms with van der Waals surface area (Å²) in [4.78, 5) is 19.4. The maximum absolute atomic E-state index is 11.5. The molecule has 0 unspecified atom stereocenters. The van der Waals surface area contributed by atoms with E-state index < -0.39 is 6.09 Å². The molecule has 3 N–H and O–H groups in total. The summed E-state index contributed by atoms with van der Waals surface area (Å²) in [6, 6.07) is 9.44. The van der Waals surface area contributed by atoms with Crippen molar-refractivity contribution in [1.82, 2.24) is 15.3 Å². The van der Waals surface area contributed by atoms with E-state index >= 15 is 0 Å². The maximum Gasteiger partial charge on any atom is 0.407 e. The molecule has 114 valence electrons. The Bertz CT molecular complexity index is 662. The van der Waals surface area contributed by atoms with Crippen molar-refractivity contribution >= 4 is 29.6 Å². The predicted molar refractivity (Wildman–Crippen MR) is 85.1 cm³/mol. The van der Waals surface area contributed by atoms with Crippen LogP contribution in [0.4, 0.5) is 10.6 Å². The van der Waals surface area contributed by atoms with E-state index in [0.29, 0.717) is 5.69 Å². The van der Waals surface area contributed by atoms with E-state index in [1.807, 2.05) is 30.3 Å². The summed E-state index contributed by atoms with van der Waals surface area (Å²) in [7, 11) is 0. The van der Waals surface area contributed by atoms with Crippen molar-refractivity contribution in [3.63, 3.8) is 0 Å². The average molecular weight is 319 g/mol. The number of nitrogens with two attached hydrogens (primary N) is 1. The van der Waals surface area contributed by atoms with Crippen LogP contribution in [0.1, 0.15) is 11.3 Å². The lowest BCUT2D eigenvalue weighted by atomic mass is 10.2. The Balaban J connectivity index is 1.73. The van der Waals surface area contributed by atoms with Gasteiger partial charge in [0.2, 0.25) is 0 Å². The van der Waals surface area contributed by atoms with Crippen LogP contribution in [-0.4, -0.2) is 22.6 Å². The number of hydrogen-bond acceptors (Lipinski definition) is 5. The SMILES string of the molecule is Nc1nc(Cl)cnc1C=CCNC(=O)OCc1ccccc1. The molecule has 22 heavy (non-hydrogen) atoms. The number of benzene rings is 1. The smallest absolute Gasteiger partial charge is 0.407 e. The molecule has 0 spiro atoms. The normalized spacial score (nSPS) is 10.6. The molecule has 0 bridgehead atoms. The van der Waals surface area contributed by atoms with Crippen LogP contribution < -0.4 is 11.1 Å². The Morgan fingerprint density at radius 3 is 2.86 bits per heavy atom. The fourth-order valence-corrected chi connectivity index (χ4v) is 1.75. The molecule has 0 saturated heterocycles. The lowest BCUT2D eigenvalue weighted by molar-refractivity contribution is 0.141. The number of nitrogens with one attached hydrogen (secondary N) is 1. The average Bonchev–Trinajstić information content (AvgIpc) is 2.52. The van der Waals surface area contributed by atoms with Crippen molar-refractivity contribution in [2.75, 3.05) is 12.3 Å². The highest BCUT2D eigenvalue weighted by Gasteiger charge is 2.01. The molecule has 7 heteroatoms. The molecule has 0 saturated carbocycles. The van der Waals surface area contributed by atoms with Gasteiger partial charge in [-0.1, -0.05) is 48.0 Å². The fraction of sp³-hybridized carbons (Fsp3) is 0.133. The second-order valence-corrected chi connectivity index (χ2v) is 4.70. The lowest BCUT2D eigenvalue weighted by Crippen LogP contribution is -2.24. The van der Waals surface area contributed by atoms with E-state index in [0.717, 1.165) is 5.56 Å². The zero-order valence-corrected chi connectivity index (χ0v) is 12.5. The molecule has 0 aliphatic heterocycles. The Hall–Kier alpha value is -2.60. The zero-order chi connectivity index (χ0) is 15.8. The van der Waals surface area contributed by atoms with Gasteiger partial charge in [0.15, 0.2) is 5.82 Å². The maximum atomic E-state index is 11.5. The van der Waals surface area contributed by atoms with E-state index in [9.17, 15) is 4.79 Å². The zero-order valence-electron chi connectivity index (χ0n) is 11.7. The number of nitrogen functional groups attached to an aromatic ring is 1. The van der Waals surface area contributed by atoms with Crippen LogP contribution in [0, 0.1) is 0 Å². The van der Waals surface area contributed by atoms with Gasteiger partial charge in [-0.05, 0) is 11.6 Å². The largest absolute Gasteiger partial charge is 0.445 e. The highest BCUT2D eigenvalue weighted by molar-refractivity contribution is 6.29. The number of alkyl carbamates (subject to hydrolysis) is 1. The predicted octanol–water partition coefficient (Wildman–Crippen LogP) is 2.65. The summed E-state index contributed by atoms with van der Waals surface area (Å²) in [5.41, 5.74) is 7.07. The Labute approximate surface area is 133 Å². The quantitative estimate of drug-likeness (QED) is 0.884. The number of aromatic nitrogens is 2. The molecule has 6 nitrogen and oxygen atoms in total. The third kappa shape index (κ3) is 5.06. The van der Waals surface area contributed by atoms with Crippen molar-refractivity contribution in [2.45, 2.75) is 6.61 Å². The van der Waals surface area contributed by atoms with Gasteiger partial charge in [0, 0.05) is 6.54 Å². The molecular weight excluding hydrogens is 304 g/mol. The number of carbonyl (C=O) groups excluding carboxylic acids is 1. The fourth-order valence-electron chi connectivity index (χ4n) is 1.61. The molecule has 1 aromatic heterocycles. The Kier molecular flexibility index (Phi) is 5.73. The molecular formula is C15H15ClN4O2. The van der Waals surface area contributed by atoms with Crippen molar-refractivity contribution in [3.05, 3.63) is 59.0 Å². The monoisotopic (exact) mass is 318 g/mol. The van der Waals surface area contributed by atoms with Crippen LogP contribution in [0.2, 0.25) is 5.15 Å². The van der Waals surface area contributed by atoms with Gasteiger partial charge in [-0.25, -0.2) is 14.8 Å². The van der Waals surface area contributed by atoms with E-state index in [1.165, 1.54) is 6.20 Å². The lowest BCUT2D eigenvalue weighted by Gasteiger charge is -2.05. The molecule has 0 fully saturated rings. The first-order valence-electron chi connectivity index (χ1n) is 6.54. The molecule has 0 atom stereocenters. The summed E-state index contributed by atoms with van der Waals surface area (Å²) >= 11 is 5.65. The Morgan fingerprint density at radius 1 is 1.36 bits per heavy atom. The van der Waals surface area contributed by atoms with Gasteiger partial charge in [-0.15, -0.1) is 0 Å². The second kappa shape index (κ2) is 7.99. The van der Waals surface area contributed by atoms with Crippen LogP contribution in [-0.2, 0) is 11.3 Å². The molecule has 1 aromatic carbocycles. The van der Waals surface area contributed by atoms with Gasteiger partial charge in [-0.2, -0.15) is 0 Å². The second-order valence-electron chi connectivity index (χ2n) is 4.31. The number of nitrogens with zero attached hydrogens (tertiary/aromatic N) is 2. The third-order valence-corrected chi connectivity index (χ3v) is 2.83. The van der Waals surface area contributed by atoms with Crippen LogP contribution in [0.25, 0.3) is 6.08 Å². The topological polar surface area (TPSA) is 90.1 Å². The van der Waals surface area contributed by atoms with Crippen molar-refractivity contribution in [2.24, 2.45) is 0 Å². The van der Waals surface area contributed by atoms with Crippen LogP contribution >= 0.6 is 11.6 Å². The summed E-state index contributed by atoms with van der Waals surface area (Å²) in [6.45, 7) is 0.517.